The zero-order valence-corrected chi connectivity index (χ0v) is 10.1. The summed E-state index contributed by atoms with van der Waals surface area (Å²) in [6, 6.07) is 5.32. The smallest absolute Gasteiger partial charge is 0.124 e. The van der Waals surface area contributed by atoms with Gasteiger partial charge in [-0.25, -0.2) is 0 Å². The number of hydrogen-bond acceptors (Lipinski definition) is 4. The first kappa shape index (κ1) is 11.6. The summed E-state index contributed by atoms with van der Waals surface area (Å²) in [7, 11) is 0. The summed E-state index contributed by atoms with van der Waals surface area (Å²) in [5.74, 6) is 2.62. The molecule has 3 nitrogen and oxygen atoms in total. The summed E-state index contributed by atoms with van der Waals surface area (Å²) in [5.41, 5.74) is 0.597. The van der Waals surface area contributed by atoms with Gasteiger partial charge in [0.2, 0.25) is 0 Å². The number of thioether (sulfide) groups is 1. The van der Waals surface area contributed by atoms with Gasteiger partial charge in [0.25, 0.3) is 0 Å². The second-order valence-electron chi connectivity index (χ2n) is 4.16. The van der Waals surface area contributed by atoms with Crippen LogP contribution < -0.4 is 5.32 Å². The van der Waals surface area contributed by atoms with Crippen molar-refractivity contribution in [2.45, 2.75) is 25.4 Å². The van der Waals surface area contributed by atoms with E-state index in [4.69, 9.17) is 0 Å². The number of phenols is 2. The maximum atomic E-state index is 9.73. The standard InChI is InChI=1S/C12H17NO2S/c1-8(13-9-5-6-16-7-9)12-10(14)3-2-4-11(12)15/h2-4,8-9,13-15H,5-7H2,1H3. The maximum absolute atomic E-state index is 9.73. The molecule has 0 aliphatic carbocycles. The van der Waals surface area contributed by atoms with E-state index >= 15 is 0 Å². The van der Waals surface area contributed by atoms with E-state index in [1.807, 2.05) is 18.7 Å². The molecular weight excluding hydrogens is 222 g/mol. The van der Waals surface area contributed by atoms with Crippen LogP contribution >= 0.6 is 11.8 Å². The van der Waals surface area contributed by atoms with Crippen molar-refractivity contribution in [3.05, 3.63) is 23.8 Å². The first-order valence-corrected chi connectivity index (χ1v) is 6.68. The van der Waals surface area contributed by atoms with Crippen molar-refractivity contribution in [3.63, 3.8) is 0 Å². The van der Waals surface area contributed by atoms with Crippen LogP contribution in [-0.4, -0.2) is 27.8 Å². The minimum absolute atomic E-state index is 0.0232. The fourth-order valence-corrected chi connectivity index (χ4v) is 3.25. The Hall–Kier alpha value is -0.870. The molecule has 4 heteroatoms. The van der Waals surface area contributed by atoms with Gasteiger partial charge in [0.1, 0.15) is 11.5 Å². The molecule has 0 amide bonds. The molecule has 0 bridgehead atoms. The lowest BCUT2D eigenvalue weighted by molar-refractivity contribution is 0.406. The van der Waals surface area contributed by atoms with E-state index in [0.717, 1.165) is 12.2 Å². The van der Waals surface area contributed by atoms with Crippen molar-refractivity contribution in [3.8, 4) is 11.5 Å². The molecule has 1 fully saturated rings. The van der Waals surface area contributed by atoms with Crippen LogP contribution in [0.2, 0.25) is 0 Å². The quantitative estimate of drug-likeness (QED) is 0.757. The van der Waals surface area contributed by atoms with E-state index in [-0.39, 0.29) is 17.5 Å². The summed E-state index contributed by atoms with van der Waals surface area (Å²) in [4.78, 5) is 0. The second kappa shape index (κ2) is 4.97. The van der Waals surface area contributed by atoms with Gasteiger partial charge in [0.05, 0.1) is 5.56 Å². The maximum Gasteiger partial charge on any atom is 0.124 e. The van der Waals surface area contributed by atoms with Gasteiger partial charge in [-0.15, -0.1) is 0 Å². The van der Waals surface area contributed by atoms with E-state index in [2.05, 4.69) is 5.32 Å². The Labute approximate surface area is 99.9 Å². The van der Waals surface area contributed by atoms with Crippen LogP contribution in [0.3, 0.4) is 0 Å². The summed E-state index contributed by atoms with van der Waals surface area (Å²) >= 11 is 1.94. The third-order valence-electron chi connectivity index (χ3n) is 2.91. The van der Waals surface area contributed by atoms with Crippen LogP contribution in [0, 0.1) is 0 Å². The largest absolute Gasteiger partial charge is 0.507 e. The molecule has 0 aromatic heterocycles. The van der Waals surface area contributed by atoms with E-state index in [0.29, 0.717) is 11.6 Å². The van der Waals surface area contributed by atoms with Crippen molar-refractivity contribution in [1.29, 1.82) is 0 Å². The Morgan fingerprint density at radius 2 is 2.06 bits per heavy atom. The average Bonchev–Trinajstić information content (AvgIpc) is 2.70. The normalized spacial score (nSPS) is 22.2. The molecule has 1 aliphatic heterocycles. The molecule has 1 heterocycles. The molecule has 0 saturated carbocycles. The van der Waals surface area contributed by atoms with Gasteiger partial charge in [-0.05, 0) is 31.2 Å². The average molecular weight is 239 g/mol. The van der Waals surface area contributed by atoms with Crippen LogP contribution in [-0.2, 0) is 0 Å². The molecule has 1 aliphatic rings. The molecular formula is C12H17NO2S. The molecule has 16 heavy (non-hydrogen) atoms. The first-order valence-electron chi connectivity index (χ1n) is 5.53. The molecule has 88 valence electrons. The Balaban J connectivity index is 2.10. The van der Waals surface area contributed by atoms with Crippen LogP contribution in [0.4, 0.5) is 0 Å². The third kappa shape index (κ3) is 2.44. The highest BCUT2D eigenvalue weighted by molar-refractivity contribution is 7.99. The Morgan fingerprint density at radius 1 is 1.38 bits per heavy atom. The van der Waals surface area contributed by atoms with Crippen LogP contribution in [0.25, 0.3) is 0 Å². The number of hydrogen-bond donors (Lipinski definition) is 3. The van der Waals surface area contributed by atoms with E-state index in [1.54, 1.807) is 18.2 Å². The zero-order valence-electron chi connectivity index (χ0n) is 9.31. The van der Waals surface area contributed by atoms with Gasteiger partial charge in [-0.2, -0.15) is 11.8 Å². The van der Waals surface area contributed by atoms with Gasteiger partial charge in [-0.3, -0.25) is 0 Å². The van der Waals surface area contributed by atoms with Crippen molar-refractivity contribution in [1.82, 2.24) is 5.32 Å². The summed E-state index contributed by atoms with van der Waals surface area (Å²) < 4.78 is 0. The van der Waals surface area contributed by atoms with Gasteiger partial charge >= 0.3 is 0 Å². The molecule has 0 spiro atoms. The highest BCUT2D eigenvalue weighted by Crippen LogP contribution is 2.33. The van der Waals surface area contributed by atoms with Crippen LogP contribution in [0.1, 0.15) is 24.9 Å². The van der Waals surface area contributed by atoms with E-state index in [1.165, 1.54) is 5.75 Å². The predicted octanol–water partition coefficient (Wildman–Crippen LogP) is 2.25. The van der Waals surface area contributed by atoms with Gasteiger partial charge < -0.3 is 15.5 Å². The molecule has 1 aromatic carbocycles. The molecule has 1 aromatic rings. The van der Waals surface area contributed by atoms with Crippen LogP contribution in [0.5, 0.6) is 11.5 Å². The number of nitrogens with one attached hydrogen (secondary N) is 1. The third-order valence-corrected chi connectivity index (χ3v) is 4.07. The summed E-state index contributed by atoms with van der Waals surface area (Å²) in [5, 5.41) is 22.9. The molecule has 2 unspecified atom stereocenters. The van der Waals surface area contributed by atoms with E-state index < -0.39 is 0 Å². The summed E-state index contributed by atoms with van der Waals surface area (Å²) in [6.45, 7) is 1.97. The molecule has 2 atom stereocenters. The van der Waals surface area contributed by atoms with Crippen molar-refractivity contribution >= 4 is 11.8 Å². The SMILES string of the molecule is CC(NC1CCSC1)c1c(O)cccc1O. The monoisotopic (exact) mass is 239 g/mol. The molecule has 3 N–H and O–H groups in total. The second-order valence-corrected chi connectivity index (χ2v) is 5.31. The number of aromatic hydroxyl groups is 2. The lowest BCUT2D eigenvalue weighted by Gasteiger charge is -2.20. The number of phenolic OH excluding ortho intramolecular Hbond substituents is 2. The minimum Gasteiger partial charge on any atom is -0.507 e. The Morgan fingerprint density at radius 3 is 2.62 bits per heavy atom. The number of rotatable bonds is 3. The highest BCUT2D eigenvalue weighted by Gasteiger charge is 2.21. The lowest BCUT2D eigenvalue weighted by atomic mass is 10.0. The summed E-state index contributed by atoms with van der Waals surface area (Å²) in [6.07, 6.45) is 1.16. The zero-order chi connectivity index (χ0) is 11.5. The highest BCUT2D eigenvalue weighted by atomic mass is 32.2. The number of benzene rings is 1. The van der Waals surface area contributed by atoms with Crippen molar-refractivity contribution < 1.29 is 10.2 Å². The fourth-order valence-electron chi connectivity index (χ4n) is 2.09. The minimum atomic E-state index is -0.0232. The lowest BCUT2D eigenvalue weighted by Crippen LogP contribution is -2.31. The van der Waals surface area contributed by atoms with Gasteiger partial charge in [0, 0.05) is 17.8 Å². The molecule has 1 saturated heterocycles. The predicted molar refractivity (Wildman–Crippen MR) is 67.1 cm³/mol. The van der Waals surface area contributed by atoms with E-state index in [9.17, 15) is 10.2 Å². The molecule has 0 radical (unpaired) electrons. The fraction of sp³-hybridized carbons (Fsp3) is 0.500. The van der Waals surface area contributed by atoms with Crippen molar-refractivity contribution in [2.75, 3.05) is 11.5 Å². The van der Waals surface area contributed by atoms with Gasteiger partial charge in [-0.1, -0.05) is 6.07 Å². The topological polar surface area (TPSA) is 52.5 Å². The van der Waals surface area contributed by atoms with Gasteiger partial charge in [0.15, 0.2) is 0 Å². The Kier molecular flexibility index (Phi) is 3.61. The molecule has 2 rings (SSSR count). The first-order chi connectivity index (χ1) is 7.68. The Bertz CT molecular complexity index is 344. The van der Waals surface area contributed by atoms with Crippen molar-refractivity contribution in [2.24, 2.45) is 0 Å². The van der Waals surface area contributed by atoms with Crippen LogP contribution in [0.15, 0.2) is 18.2 Å².